The lowest BCUT2D eigenvalue weighted by Gasteiger charge is -2.31. The molecule has 1 atom stereocenters. The number of ether oxygens (including phenoxy) is 1. The third kappa shape index (κ3) is 4.31. The standard InChI is InChI=1S/C22H26N2O3/c25-21(15-23-11-9-17-5-1-3-7-19(17)13-23)16-27-22(26)24-12-10-18-6-2-4-8-20(18)14-24/h1-8,21,25H,9-16H2/t21-/m1/s1. The summed E-state index contributed by atoms with van der Waals surface area (Å²) in [5, 5.41) is 10.3. The summed E-state index contributed by atoms with van der Waals surface area (Å²) < 4.78 is 5.38. The first-order chi connectivity index (χ1) is 13.2. The molecule has 2 heterocycles. The number of carbonyl (C=O) groups excluding carboxylic acids is 1. The van der Waals surface area contributed by atoms with E-state index >= 15 is 0 Å². The number of β-amino-alcohol motifs (C(OH)–C–C–N with tert-alkyl or cyclic N) is 1. The monoisotopic (exact) mass is 366 g/mol. The second-order valence-electron chi connectivity index (χ2n) is 7.42. The Morgan fingerprint density at radius 1 is 0.926 bits per heavy atom. The van der Waals surface area contributed by atoms with Crippen molar-refractivity contribution in [1.82, 2.24) is 9.80 Å². The molecule has 142 valence electrons. The predicted molar refractivity (Wildman–Crippen MR) is 103 cm³/mol. The van der Waals surface area contributed by atoms with Crippen molar-refractivity contribution < 1.29 is 14.6 Å². The quantitative estimate of drug-likeness (QED) is 0.904. The van der Waals surface area contributed by atoms with Crippen molar-refractivity contribution in [3.05, 3.63) is 70.8 Å². The second-order valence-corrected chi connectivity index (χ2v) is 7.42. The minimum atomic E-state index is -0.670. The first kappa shape index (κ1) is 18.0. The van der Waals surface area contributed by atoms with Gasteiger partial charge in [-0.05, 0) is 35.1 Å². The molecule has 5 nitrogen and oxygen atoms in total. The molecule has 0 aliphatic carbocycles. The van der Waals surface area contributed by atoms with Crippen LogP contribution in [-0.2, 0) is 30.7 Å². The van der Waals surface area contributed by atoms with E-state index in [2.05, 4.69) is 41.3 Å². The van der Waals surface area contributed by atoms with Crippen LogP contribution in [0.2, 0.25) is 0 Å². The number of hydrogen-bond acceptors (Lipinski definition) is 4. The number of aliphatic hydroxyl groups is 1. The van der Waals surface area contributed by atoms with E-state index in [1.54, 1.807) is 4.90 Å². The normalized spacial score (nSPS) is 17.7. The van der Waals surface area contributed by atoms with E-state index in [9.17, 15) is 9.90 Å². The first-order valence-electron chi connectivity index (χ1n) is 9.65. The molecule has 0 radical (unpaired) electrons. The Labute approximate surface area is 160 Å². The fourth-order valence-electron chi connectivity index (χ4n) is 3.97. The summed E-state index contributed by atoms with van der Waals surface area (Å²) in [4.78, 5) is 16.3. The maximum atomic E-state index is 12.3. The predicted octanol–water partition coefficient (Wildman–Crippen LogP) is 2.60. The molecule has 0 spiro atoms. The van der Waals surface area contributed by atoms with Gasteiger partial charge in [0.15, 0.2) is 0 Å². The molecule has 2 aliphatic heterocycles. The summed E-state index contributed by atoms with van der Waals surface area (Å²) in [5.74, 6) is 0. The van der Waals surface area contributed by atoms with Gasteiger partial charge in [0, 0.05) is 32.7 Å². The maximum Gasteiger partial charge on any atom is 0.410 e. The average molecular weight is 366 g/mol. The van der Waals surface area contributed by atoms with E-state index in [0.29, 0.717) is 19.6 Å². The highest BCUT2D eigenvalue weighted by Gasteiger charge is 2.23. The molecule has 0 fully saturated rings. The average Bonchev–Trinajstić information content (AvgIpc) is 2.71. The zero-order chi connectivity index (χ0) is 18.6. The smallest absolute Gasteiger partial charge is 0.410 e. The van der Waals surface area contributed by atoms with Crippen LogP contribution in [0.1, 0.15) is 22.3 Å². The van der Waals surface area contributed by atoms with Crippen LogP contribution >= 0.6 is 0 Å². The molecule has 2 aromatic rings. The van der Waals surface area contributed by atoms with E-state index in [1.165, 1.54) is 22.3 Å². The number of hydrogen-bond donors (Lipinski definition) is 1. The number of fused-ring (bicyclic) bond motifs is 2. The number of amides is 1. The highest BCUT2D eigenvalue weighted by atomic mass is 16.6. The molecule has 27 heavy (non-hydrogen) atoms. The number of benzene rings is 2. The van der Waals surface area contributed by atoms with Gasteiger partial charge in [-0.15, -0.1) is 0 Å². The van der Waals surface area contributed by atoms with Crippen LogP contribution in [0.4, 0.5) is 4.79 Å². The van der Waals surface area contributed by atoms with Gasteiger partial charge in [0.25, 0.3) is 0 Å². The Kier molecular flexibility index (Phi) is 5.41. The van der Waals surface area contributed by atoms with Gasteiger partial charge < -0.3 is 14.7 Å². The van der Waals surface area contributed by atoms with E-state index < -0.39 is 6.10 Å². The number of aliphatic hydroxyl groups excluding tert-OH is 1. The third-order valence-corrected chi connectivity index (χ3v) is 5.47. The molecule has 2 aliphatic rings. The van der Waals surface area contributed by atoms with Crippen LogP contribution < -0.4 is 0 Å². The molecule has 5 heteroatoms. The summed E-state index contributed by atoms with van der Waals surface area (Å²) in [6.45, 7) is 3.55. The minimum Gasteiger partial charge on any atom is -0.447 e. The van der Waals surface area contributed by atoms with Crippen molar-refractivity contribution in [2.24, 2.45) is 0 Å². The summed E-state index contributed by atoms with van der Waals surface area (Å²) in [5.41, 5.74) is 5.18. The Hall–Kier alpha value is -2.37. The lowest BCUT2D eigenvalue weighted by atomic mass is 10.00. The lowest BCUT2D eigenvalue weighted by molar-refractivity contribution is 0.0257. The van der Waals surface area contributed by atoms with Crippen LogP contribution in [-0.4, -0.2) is 53.3 Å². The van der Waals surface area contributed by atoms with Crippen molar-refractivity contribution in [3.8, 4) is 0 Å². The van der Waals surface area contributed by atoms with Gasteiger partial charge in [-0.25, -0.2) is 4.79 Å². The molecule has 0 aromatic heterocycles. The highest BCUT2D eigenvalue weighted by molar-refractivity contribution is 5.68. The summed E-state index contributed by atoms with van der Waals surface area (Å²) in [6, 6.07) is 16.6. The van der Waals surface area contributed by atoms with Gasteiger partial charge in [-0.1, -0.05) is 48.5 Å². The van der Waals surface area contributed by atoms with Gasteiger partial charge in [0.2, 0.25) is 0 Å². The highest BCUT2D eigenvalue weighted by Crippen LogP contribution is 2.20. The van der Waals surface area contributed by atoms with Gasteiger partial charge in [0.1, 0.15) is 12.7 Å². The van der Waals surface area contributed by atoms with Crippen molar-refractivity contribution >= 4 is 6.09 Å². The SMILES string of the molecule is O=C(OC[C@H](O)CN1CCc2ccccc2C1)N1CCc2ccccc2C1. The molecule has 0 bridgehead atoms. The van der Waals surface area contributed by atoms with Gasteiger partial charge in [0.05, 0.1) is 0 Å². The van der Waals surface area contributed by atoms with Gasteiger partial charge >= 0.3 is 6.09 Å². The first-order valence-corrected chi connectivity index (χ1v) is 9.65. The molecular weight excluding hydrogens is 340 g/mol. The van der Waals surface area contributed by atoms with Gasteiger partial charge in [-0.3, -0.25) is 4.90 Å². The number of carbonyl (C=O) groups is 1. The minimum absolute atomic E-state index is 0.0368. The van der Waals surface area contributed by atoms with Crippen LogP contribution in [0.5, 0.6) is 0 Å². The molecule has 4 rings (SSSR count). The Morgan fingerprint density at radius 2 is 1.52 bits per heavy atom. The zero-order valence-corrected chi connectivity index (χ0v) is 15.5. The Bertz CT molecular complexity index is 808. The molecule has 1 amide bonds. The Morgan fingerprint density at radius 3 is 2.22 bits per heavy atom. The zero-order valence-electron chi connectivity index (χ0n) is 15.5. The fourth-order valence-corrected chi connectivity index (χ4v) is 3.97. The lowest BCUT2D eigenvalue weighted by Crippen LogP contribution is -2.41. The summed E-state index contributed by atoms with van der Waals surface area (Å²) in [6.07, 6.45) is 0.834. The molecule has 0 saturated heterocycles. The molecule has 0 saturated carbocycles. The van der Waals surface area contributed by atoms with Crippen LogP contribution in [0.15, 0.2) is 48.5 Å². The van der Waals surface area contributed by atoms with E-state index in [4.69, 9.17) is 4.74 Å². The number of nitrogens with zero attached hydrogens (tertiary/aromatic N) is 2. The molecule has 0 unspecified atom stereocenters. The van der Waals surface area contributed by atoms with Crippen molar-refractivity contribution in [1.29, 1.82) is 0 Å². The van der Waals surface area contributed by atoms with Crippen molar-refractivity contribution in [2.75, 3.05) is 26.2 Å². The van der Waals surface area contributed by atoms with Crippen LogP contribution in [0.3, 0.4) is 0 Å². The molecule has 2 aromatic carbocycles. The van der Waals surface area contributed by atoms with E-state index in [0.717, 1.165) is 25.9 Å². The van der Waals surface area contributed by atoms with E-state index in [1.807, 2.05) is 12.1 Å². The molecule has 1 N–H and O–H groups in total. The van der Waals surface area contributed by atoms with E-state index in [-0.39, 0.29) is 12.7 Å². The van der Waals surface area contributed by atoms with Crippen molar-refractivity contribution in [3.63, 3.8) is 0 Å². The van der Waals surface area contributed by atoms with Crippen molar-refractivity contribution in [2.45, 2.75) is 32.0 Å². The molecular formula is C22H26N2O3. The number of rotatable bonds is 4. The topological polar surface area (TPSA) is 53.0 Å². The fraction of sp³-hybridized carbons (Fsp3) is 0.409. The second kappa shape index (κ2) is 8.11. The largest absolute Gasteiger partial charge is 0.447 e. The van der Waals surface area contributed by atoms with Gasteiger partial charge in [-0.2, -0.15) is 0 Å². The van der Waals surface area contributed by atoms with Crippen LogP contribution in [0.25, 0.3) is 0 Å². The summed E-state index contributed by atoms with van der Waals surface area (Å²) >= 11 is 0. The Balaban J connectivity index is 1.24. The third-order valence-electron chi connectivity index (χ3n) is 5.47. The van der Waals surface area contributed by atoms with Crippen LogP contribution in [0, 0.1) is 0 Å². The summed E-state index contributed by atoms with van der Waals surface area (Å²) in [7, 11) is 0. The maximum absolute atomic E-state index is 12.3.